The van der Waals surface area contributed by atoms with Crippen molar-refractivity contribution in [3.05, 3.63) is 65.1 Å². The monoisotopic (exact) mass is 484 g/mol. The summed E-state index contributed by atoms with van der Waals surface area (Å²) in [6.45, 7) is 5.84. The average Bonchev–Trinajstić information content (AvgIpc) is 2.86. The third-order valence-electron chi connectivity index (χ3n) is 6.31. The summed E-state index contributed by atoms with van der Waals surface area (Å²) in [6, 6.07) is 15.0. The fraction of sp³-hybridized carbons (Fsp3) is 0.423. The molecule has 2 heterocycles. The molecule has 1 unspecified atom stereocenters. The second-order valence-electron chi connectivity index (χ2n) is 9.07. The highest BCUT2D eigenvalue weighted by Crippen LogP contribution is 2.34. The van der Waals surface area contributed by atoms with E-state index in [0.29, 0.717) is 44.9 Å². The van der Waals surface area contributed by atoms with Gasteiger partial charge in [0, 0.05) is 24.4 Å². The van der Waals surface area contributed by atoms with Gasteiger partial charge in [-0.25, -0.2) is 8.42 Å². The minimum atomic E-state index is -3.52. The molecule has 0 radical (unpaired) electrons. The van der Waals surface area contributed by atoms with E-state index in [-0.39, 0.29) is 23.8 Å². The van der Waals surface area contributed by atoms with Crippen LogP contribution in [0.5, 0.6) is 11.5 Å². The largest absolute Gasteiger partial charge is 0.486 e. The smallest absolute Gasteiger partial charge is 0.236 e. The van der Waals surface area contributed by atoms with Crippen molar-refractivity contribution in [3.8, 4) is 11.5 Å². The molecule has 1 fully saturated rings. The van der Waals surface area contributed by atoms with Crippen LogP contribution in [0.2, 0.25) is 0 Å². The summed E-state index contributed by atoms with van der Waals surface area (Å²) < 4.78 is 38.2. The van der Waals surface area contributed by atoms with Gasteiger partial charge in [-0.05, 0) is 48.1 Å². The van der Waals surface area contributed by atoms with Gasteiger partial charge in [0.25, 0.3) is 0 Å². The molecule has 0 aliphatic carbocycles. The van der Waals surface area contributed by atoms with Crippen molar-refractivity contribution in [2.75, 3.05) is 26.3 Å². The number of fused-ring (bicyclic) bond motifs is 1. The van der Waals surface area contributed by atoms with E-state index in [1.54, 1.807) is 6.08 Å². The Kier molecular flexibility index (Phi) is 7.58. The van der Waals surface area contributed by atoms with Crippen molar-refractivity contribution < 1.29 is 22.7 Å². The van der Waals surface area contributed by atoms with E-state index in [4.69, 9.17) is 9.47 Å². The highest BCUT2D eigenvalue weighted by molar-refractivity contribution is 7.92. The molecule has 182 valence electrons. The van der Waals surface area contributed by atoms with Gasteiger partial charge in [-0.1, -0.05) is 50.2 Å². The second-order valence-corrected chi connectivity index (χ2v) is 10.9. The van der Waals surface area contributed by atoms with Crippen molar-refractivity contribution in [3.63, 3.8) is 0 Å². The van der Waals surface area contributed by atoms with Crippen molar-refractivity contribution in [2.24, 2.45) is 11.8 Å². The lowest BCUT2D eigenvalue weighted by Crippen LogP contribution is -2.43. The number of rotatable bonds is 7. The zero-order valence-electron chi connectivity index (χ0n) is 19.6. The molecule has 2 aliphatic heterocycles. The Morgan fingerprint density at radius 1 is 1.03 bits per heavy atom. The fourth-order valence-corrected chi connectivity index (χ4v) is 5.57. The molecule has 2 aromatic rings. The zero-order valence-corrected chi connectivity index (χ0v) is 20.5. The van der Waals surface area contributed by atoms with E-state index in [1.165, 1.54) is 9.71 Å². The maximum atomic E-state index is 13.1. The van der Waals surface area contributed by atoms with Crippen LogP contribution in [0, 0.1) is 11.8 Å². The van der Waals surface area contributed by atoms with Crippen molar-refractivity contribution >= 4 is 22.0 Å². The number of sulfonamides is 1. The Morgan fingerprint density at radius 3 is 2.38 bits per heavy atom. The predicted molar refractivity (Wildman–Crippen MR) is 132 cm³/mol. The number of benzene rings is 2. The first-order chi connectivity index (χ1) is 16.3. The number of carbonyl (C=O) groups is 1. The second kappa shape index (κ2) is 10.6. The fourth-order valence-electron chi connectivity index (χ4n) is 4.35. The first-order valence-electron chi connectivity index (χ1n) is 11.8. The first kappa shape index (κ1) is 24.3. The maximum absolute atomic E-state index is 13.1. The van der Waals surface area contributed by atoms with Gasteiger partial charge >= 0.3 is 0 Å². The van der Waals surface area contributed by atoms with E-state index in [2.05, 4.69) is 19.2 Å². The van der Waals surface area contributed by atoms with Crippen molar-refractivity contribution in [2.45, 2.75) is 32.7 Å². The number of hydrogen-bond acceptors (Lipinski definition) is 5. The zero-order chi connectivity index (χ0) is 24.1. The number of amides is 1. The molecule has 2 aromatic carbocycles. The Balaban J connectivity index is 1.36. The maximum Gasteiger partial charge on any atom is 0.236 e. The molecule has 0 saturated carbocycles. The van der Waals surface area contributed by atoms with Gasteiger partial charge in [0.15, 0.2) is 11.5 Å². The van der Waals surface area contributed by atoms with Gasteiger partial charge in [-0.15, -0.1) is 0 Å². The minimum Gasteiger partial charge on any atom is -0.486 e. The van der Waals surface area contributed by atoms with Crippen molar-refractivity contribution in [1.29, 1.82) is 0 Å². The van der Waals surface area contributed by atoms with E-state index in [1.807, 2.05) is 48.5 Å². The topological polar surface area (TPSA) is 84.9 Å². The summed E-state index contributed by atoms with van der Waals surface area (Å²) in [5.74, 6) is 1.34. The normalized spacial score (nSPS) is 18.2. The van der Waals surface area contributed by atoms with Crippen LogP contribution < -0.4 is 14.8 Å². The van der Waals surface area contributed by atoms with Gasteiger partial charge in [0.05, 0.1) is 6.04 Å². The summed E-state index contributed by atoms with van der Waals surface area (Å²) in [5, 5.41) is 4.44. The number of ether oxygens (including phenoxy) is 2. The molecule has 0 bridgehead atoms. The van der Waals surface area contributed by atoms with Crippen LogP contribution in [0.15, 0.2) is 53.9 Å². The summed E-state index contributed by atoms with van der Waals surface area (Å²) in [7, 11) is -3.52. The summed E-state index contributed by atoms with van der Waals surface area (Å²) in [5.41, 5.74) is 1.80. The third kappa shape index (κ3) is 5.80. The molecule has 7 nitrogen and oxygen atoms in total. The molecule has 1 saturated heterocycles. The predicted octanol–water partition coefficient (Wildman–Crippen LogP) is 3.98. The van der Waals surface area contributed by atoms with Gasteiger partial charge < -0.3 is 14.8 Å². The third-order valence-corrected chi connectivity index (χ3v) is 7.87. The van der Waals surface area contributed by atoms with Crippen LogP contribution in [0.3, 0.4) is 0 Å². The van der Waals surface area contributed by atoms with Crippen LogP contribution in [0.25, 0.3) is 6.08 Å². The SMILES string of the molecule is CC(C)C(NC(=O)C1CCN(S(=O)(=O)/C=C/c2ccccc2)CC1)c1ccc2c(c1)OCCO2. The van der Waals surface area contributed by atoms with Crippen LogP contribution in [-0.2, 0) is 14.8 Å². The number of nitrogens with zero attached hydrogens (tertiary/aromatic N) is 1. The highest BCUT2D eigenvalue weighted by atomic mass is 32.2. The molecule has 34 heavy (non-hydrogen) atoms. The molecule has 1 N–H and O–H groups in total. The molecule has 2 aliphatic rings. The summed E-state index contributed by atoms with van der Waals surface area (Å²) in [6.07, 6.45) is 2.60. The Hall–Kier alpha value is -2.84. The molecule has 8 heteroatoms. The van der Waals surface area contributed by atoms with E-state index >= 15 is 0 Å². The molecule has 4 rings (SSSR count). The number of hydrogen-bond donors (Lipinski definition) is 1. The number of nitrogens with one attached hydrogen (secondary N) is 1. The molecule has 0 spiro atoms. The highest BCUT2D eigenvalue weighted by Gasteiger charge is 2.31. The first-order valence-corrected chi connectivity index (χ1v) is 13.3. The standard InChI is InChI=1S/C26H32N2O5S/c1-19(2)25(22-8-9-23-24(18-22)33-16-15-32-23)27-26(29)21-10-13-28(14-11-21)34(30,31)17-12-20-6-4-3-5-7-20/h3-9,12,17-19,21,25H,10-11,13-16H2,1-2H3,(H,27,29)/b17-12+. The van der Waals surface area contributed by atoms with Crippen LogP contribution in [0.1, 0.15) is 43.9 Å². The summed E-state index contributed by atoms with van der Waals surface area (Å²) in [4.78, 5) is 13.1. The Morgan fingerprint density at radius 2 is 1.71 bits per heavy atom. The molecule has 1 amide bonds. The van der Waals surface area contributed by atoms with E-state index < -0.39 is 10.0 Å². The van der Waals surface area contributed by atoms with Gasteiger partial charge in [0.2, 0.25) is 15.9 Å². The Bertz CT molecular complexity index is 1120. The molecular formula is C26H32N2O5S. The van der Waals surface area contributed by atoms with Crippen molar-refractivity contribution in [1.82, 2.24) is 9.62 Å². The molecular weight excluding hydrogens is 452 g/mol. The van der Waals surface area contributed by atoms with E-state index in [9.17, 15) is 13.2 Å². The quantitative estimate of drug-likeness (QED) is 0.643. The van der Waals surface area contributed by atoms with E-state index in [0.717, 1.165) is 16.9 Å². The minimum absolute atomic E-state index is 0.0366. The van der Waals surface area contributed by atoms with Crippen LogP contribution in [0.4, 0.5) is 0 Å². The van der Waals surface area contributed by atoms with Gasteiger partial charge in [0.1, 0.15) is 13.2 Å². The number of piperidine rings is 1. The lowest BCUT2D eigenvalue weighted by atomic mass is 9.92. The van der Waals surface area contributed by atoms with Crippen LogP contribution in [-0.4, -0.2) is 44.9 Å². The lowest BCUT2D eigenvalue weighted by molar-refractivity contribution is -0.127. The molecule has 0 aromatic heterocycles. The molecule has 1 atom stereocenters. The van der Waals surface area contributed by atoms with Crippen LogP contribution >= 0.6 is 0 Å². The average molecular weight is 485 g/mol. The van der Waals surface area contributed by atoms with Gasteiger partial charge in [-0.3, -0.25) is 4.79 Å². The van der Waals surface area contributed by atoms with Gasteiger partial charge in [-0.2, -0.15) is 4.31 Å². The lowest BCUT2D eigenvalue weighted by Gasteiger charge is -2.32. The Labute approximate surface area is 201 Å². The number of carbonyl (C=O) groups excluding carboxylic acids is 1. The summed E-state index contributed by atoms with van der Waals surface area (Å²) >= 11 is 0.